The molecule has 7 nitrogen and oxygen atoms in total. The molecule has 0 N–H and O–H groups in total. The van der Waals surface area contributed by atoms with Gasteiger partial charge in [-0.05, 0) is 38.1 Å². The predicted octanol–water partition coefficient (Wildman–Crippen LogP) is 2.12. The van der Waals surface area contributed by atoms with Crippen LogP contribution in [0.4, 0.5) is 5.82 Å². The molecule has 3 heterocycles. The van der Waals surface area contributed by atoms with Crippen molar-refractivity contribution in [3.63, 3.8) is 0 Å². The number of furan rings is 1. The van der Waals surface area contributed by atoms with Crippen molar-refractivity contribution < 1.29 is 14.0 Å². The minimum atomic E-state index is -0.130. The summed E-state index contributed by atoms with van der Waals surface area (Å²) in [5.74, 6) is 0.996. The molecule has 1 aliphatic heterocycles. The molecule has 138 valence electrons. The number of anilines is 1. The third kappa shape index (κ3) is 3.71. The van der Waals surface area contributed by atoms with Gasteiger partial charge in [0.25, 0.3) is 11.8 Å². The van der Waals surface area contributed by atoms with E-state index in [1.165, 1.54) is 6.26 Å². The number of pyridine rings is 1. The Morgan fingerprint density at radius 3 is 2.31 bits per heavy atom. The molecule has 1 fully saturated rings. The summed E-state index contributed by atoms with van der Waals surface area (Å²) in [4.78, 5) is 35.1. The van der Waals surface area contributed by atoms with Gasteiger partial charge in [-0.2, -0.15) is 0 Å². The molecule has 0 unspecified atom stereocenters. The zero-order valence-corrected chi connectivity index (χ0v) is 15.2. The molecule has 2 aromatic heterocycles. The molecular formula is C19H24N4O3. The van der Waals surface area contributed by atoms with Gasteiger partial charge in [0.05, 0.1) is 6.26 Å². The molecule has 0 spiro atoms. The summed E-state index contributed by atoms with van der Waals surface area (Å²) in [5, 5.41) is 0. The highest BCUT2D eigenvalue weighted by Gasteiger charge is 2.26. The van der Waals surface area contributed by atoms with E-state index in [1.54, 1.807) is 34.2 Å². The second-order valence-corrected chi connectivity index (χ2v) is 6.14. The van der Waals surface area contributed by atoms with Crippen LogP contribution in [0, 0.1) is 0 Å². The number of carbonyl (C=O) groups is 2. The number of hydrogen-bond acceptors (Lipinski definition) is 5. The summed E-state index contributed by atoms with van der Waals surface area (Å²) in [6, 6.07) is 6.95. The zero-order valence-electron chi connectivity index (χ0n) is 15.2. The van der Waals surface area contributed by atoms with Crippen LogP contribution in [-0.4, -0.2) is 65.9 Å². The molecule has 0 atom stereocenters. The normalized spacial score (nSPS) is 14.4. The van der Waals surface area contributed by atoms with Crippen molar-refractivity contribution in [3.05, 3.63) is 48.0 Å². The molecule has 3 rings (SSSR count). The van der Waals surface area contributed by atoms with Crippen LogP contribution in [0.25, 0.3) is 0 Å². The fourth-order valence-corrected chi connectivity index (χ4v) is 3.12. The Morgan fingerprint density at radius 1 is 1.08 bits per heavy atom. The van der Waals surface area contributed by atoms with Crippen LogP contribution in [0.3, 0.4) is 0 Å². The lowest BCUT2D eigenvalue weighted by Crippen LogP contribution is -2.50. The maximum atomic E-state index is 12.8. The fraction of sp³-hybridized carbons (Fsp3) is 0.421. The highest BCUT2D eigenvalue weighted by Crippen LogP contribution is 2.16. The lowest BCUT2D eigenvalue weighted by atomic mass is 10.2. The molecule has 26 heavy (non-hydrogen) atoms. The van der Waals surface area contributed by atoms with Gasteiger partial charge < -0.3 is 19.1 Å². The third-order valence-electron chi connectivity index (χ3n) is 4.67. The number of amides is 2. The van der Waals surface area contributed by atoms with E-state index in [2.05, 4.69) is 23.7 Å². The SMILES string of the molecule is CCN(CC)c1cc(C(=O)N2CCN(C(=O)c3ccco3)CC2)ccn1. The molecule has 1 aliphatic rings. The van der Waals surface area contributed by atoms with Gasteiger partial charge in [-0.3, -0.25) is 9.59 Å². The van der Waals surface area contributed by atoms with Crippen LogP contribution in [0.5, 0.6) is 0 Å². The highest BCUT2D eigenvalue weighted by atomic mass is 16.3. The Bertz CT molecular complexity index is 748. The van der Waals surface area contributed by atoms with Crippen molar-refractivity contribution in [2.75, 3.05) is 44.2 Å². The molecule has 0 aliphatic carbocycles. The number of aromatic nitrogens is 1. The van der Waals surface area contributed by atoms with Crippen molar-refractivity contribution in [2.45, 2.75) is 13.8 Å². The number of rotatable bonds is 5. The van der Waals surface area contributed by atoms with Gasteiger partial charge in [-0.15, -0.1) is 0 Å². The first kappa shape index (κ1) is 18.0. The van der Waals surface area contributed by atoms with Gasteiger partial charge in [0, 0.05) is 51.0 Å². The summed E-state index contributed by atoms with van der Waals surface area (Å²) >= 11 is 0. The standard InChI is InChI=1S/C19H24N4O3/c1-3-21(4-2)17-14-15(7-8-20-17)18(24)22-9-11-23(12-10-22)19(25)16-6-5-13-26-16/h5-8,13-14H,3-4,9-12H2,1-2H3. The summed E-state index contributed by atoms with van der Waals surface area (Å²) in [6.45, 7) is 7.83. The fourth-order valence-electron chi connectivity index (χ4n) is 3.12. The number of hydrogen-bond donors (Lipinski definition) is 0. The molecule has 0 aromatic carbocycles. The van der Waals surface area contributed by atoms with Gasteiger partial charge in [-0.25, -0.2) is 4.98 Å². The van der Waals surface area contributed by atoms with Crippen molar-refractivity contribution in [2.24, 2.45) is 0 Å². The average Bonchev–Trinajstić information content (AvgIpc) is 3.23. The van der Waals surface area contributed by atoms with Crippen molar-refractivity contribution >= 4 is 17.6 Å². The molecule has 0 radical (unpaired) electrons. The molecule has 2 aromatic rings. The lowest BCUT2D eigenvalue weighted by molar-refractivity contribution is 0.0518. The van der Waals surface area contributed by atoms with Gasteiger partial charge in [0.1, 0.15) is 5.82 Å². The van der Waals surface area contributed by atoms with E-state index in [4.69, 9.17) is 4.42 Å². The molecule has 2 amide bonds. The average molecular weight is 356 g/mol. The van der Waals surface area contributed by atoms with E-state index in [0.29, 0.717) is 37.5 Å². The van der Waals surface area contributed by atoms with E-state index >= 15 is 0 Å². The van der Waals surface area contributed by atoms with Gasteiger partial charge in [-0.1, -0.05) is 0 Å². The smallest absolute Gasteiger partial charge is 0.289 e. The van der Waals surface area contributed by atoms with E-state index in [1.807, 2.05) is 6.07 Å². The van der Waals surface area contributed by atoms with Crippen LogP contribution >= 0.6 is 0 Å². The van der Waals surface area contributed by atoms with Crippen LogP contribution in [0.1, 0.15) is 34.8 Å². The minimum absolute atomic E-state index is 0.0223. The Labute approximate surface area is 153 Å². The maximum Gasteiger partial charge on any atom is 0.289 e. The second kappa shape index (κ2) is 8.03. The van der Waals surface area contributed by atoms with E-state index in [0.717, 1.165) is 18.9 Å². The monoisotopic (exact) mass is 356 g/mol. The number of nitrogens with zero attached hydrogens (tertiary/aromatic N) is 4. The Hall–Kier alpha value is -2.83. The summed E-state index contributed by atoms with van der Waals surface area (Å²) in [5.41, 5.74) is 0.632. The zero-order chi connectivity index (χ0) is 18.5. The first-order chi connectivity index (χ1) is 12.6. The molecule has 0 saturated carbocycles. The highest BCUT2D eigenvalue weighted by molar-refractivity contribution is 5.95. The van der Waals surface area contributed by atoms with Crippen LogP contribution < -0.4 is 4.90 Å². The molecular weight excluding hydrogens is 332 g/mol. The summed E-state index contributed by atoms with van der Waals surface area (Å²) in [7, 11) is 0. The topological polar surface area (TPSA) is 69.9 Å². The second-order valence-electron chi connectivity index (χ2n) is 6.14. The van der Waals surface area contributed by atoms with Gasteiger partial charge >= 0.3 is 0 Å². The van der Waals surface area contributed by atoms with E-state index in [9.17, 15) is 9.59 Å². The first-order valence-corrected chi connectivity index (χ1v) is 8.97. The van der Waals surface area contributed by atoms with E-state index < -0.39 is 0 Å². The van der Waals surface area contributed by atoms with Gasteiger partial charge in [0.15, 0.2) is 5.76 Å². The Balaban J connectivity index is 1.63. The Kier molecular flexibility index (Phi) is 5.55. The maximum absolute atomic E-state index is 12.8. The molecule has 7 heteroatoms. The van der Waals surface area contributed by atoms with Crippen LogP contribution in [-0.2, 0) is 0 Å². The van der Waals surface area contributed by atoms with Crippen molar-refractivity contribution in [1.29, 1.82) is 0 Å². The quantitative estimate of drug-likeness (QED) is 0.821. The van der Waals surface area contributed by atoms with Crippen LogP contribution in [0.2, 0.25) is 0 Å². The summed E-state index contributed by atoms with van der Waals surface area (Å²) in [6.07, 6.45) is 3.17. The van der Waals surface area contributed by atoms with E-state index in [-0.39, 0.29) is 11.8 Å². The Morgan fingerprint density at radius 2 is 1.73 bits per heavy atom. The summed E-state index contributed by atoms with van der Waals surface area (Å²) < 4.78 is 5.17. The minimum Gasteiger partial charge on any atom is -0.459 e. The number of carbonyl (C=O) groups excluding carboxylic acids is 2. The van der Waals surface area contributed by atoms with Gasteiger partial charge in [0.2, 0.25) is 0 Å². The molecule has 1 saturated heterocycles. The lowest BCUT2D eigenvalue weighted by Gasteiger charge is -2.34. The van der Waals surface area contributed by atoms with Crippen LogP contribution in [0.15, 0.2) is 41.1 Å². The first-order valence-electron chi connectivity index (χ1n) is 8.97. The third-order valence-corrected chi connectivity index (χ3v) is 4.67. The number of piperazine rings is 1. The predicted molar refractivity (Wildman–Crippen MR) is 98.3 cm³/mol. The van der Waals surface area contributed by atoms with Crippen molar-refractivity contribution in [1.82, 2.24) is 14.8 Å². The molecule has 0 bridgehead atoms. The largest absolute Gasteiger partial charge is 0.459 e. The van der Waals surface area contributed by atoms with Crippen molar-refractivity contribution in [3.8, 4) is 0 Å².